The van der Waals surface area contributed by atoms with E-state index in [9.17, 15) is 9.59 Å². The molecule has 94 valence electrons. The highest BCUT2D eigenvalue weighted by Crippen LogP contribution is 2.24. The summed E-state index contributed by atoms with van der Waals surface area (Å²) in [7, 11) is 5.12. The monoisotopic (exact) mass is 234 g/mol. The topological polar surface area (TPSA) is 71.1 Å². The molecule has 16 heavy (non-hydrogen) atoms. The van der Waals surface area contributed by atoms with Crippen molar-refractivity contribution in [1.82, 2.24) is 0 Å². The Morgan fingerprint density at radius 3 is 1.88 bits per heavy atom. The molecule has 0 aliphatic carbocycles. The zero-order chi connectivity index (χ0) is 12.8. The van der Waals surface area contributed by atoms with Crippen molar-refractivity contribution < 1.29 is 28.5 Å². The van der Waals surface area contributed by atoms with E-state index < -0.39 is 23.6 Å². The summed E-state index contributed by atoms with van der Waals surface area (Å²) < 4.78 is 19.1. The van der Waals surface area contributed by atoms with Crippen LogP contribution in [-0.4, -0.2) is 46.2 Å². The Morgan fingerprint density at radius 2 is 1.56 bits per heavy atom. The van der Waals surface area contributed by atoms with Gasteiger partial charge >= 0.3 is 11.9 Å². The molecule has 0 saturated heterocycles. The average Bonchev–Trinajstić information content (AvgIpc) is 2.33. The second kappa shape index (κ2) is 6.44. The van der Waals surface area contributed by atoms with Gasteiger partial charge in [-0.15, -0.1) is 0 Å². The van der Waals surface area contributed by atoms with Gasteiger partial charge < -0.3 is 18.9 Å². The number of methoxy groups -OCH3 is 4. The SMILES string of the molecule is COC(=O)C(C)CC(OC)(OC)C(=O)OC. The van der Waals surface area contributed by atoms with Crippen LogP contribution < -0.4 is 0 Å². The summed E-state index contributed by atoms with van der Waals surface area (Å²) in [5, 5.41) is 0. The van der Waals surface area contributed by atoms with Gasteiger partial charge in [0.05, 0.1) is 20.1 Å². The summed E-state index contributed by atoms with van der Waals surface area (Å²) in [6, 6.07) is 0. The normalized spacial score (nSPS) is 13.1. The first-order valence-corrected chi connectivity index (χ1v) is 4.74. The average molecular weight is 234 g/mol. The van der Waals surface area contributed by atoms with Crippen LogP contribution in [0.1, 0.15) is 13.3 Å². The van der Waals surface area contributed by atoms with Gasteiger partial charge in [-0.05, 0) is 0 Å². The Balaban J connectivity index is 4.80. The fourth-order valence-electron chi connectivity index (χ4n) is 1.34. The lowest BCUT2D eigenvalue weighted by Crippen LogP contribution is -2.46. The Bertz CT molecular complexity index is 246. The number of carbonyl (C=O) groups excluding carboxylic acids is 2. The fraction of sp³-hybridized carbons (Fsp3) is 0.800. The lowest BCUT2D eigenvalue weighted by atomic mass is 10.0. The number of carbonyl (C=O) groups is 2. The largest absolute Gasteiger partial charge is 0.469 e. The molecular weight excluding hydrogens is 216 g/mol. The van der Waals surface area contributed by atoms with E-state index >= 15 is 0 Å². The summed E-state index contributed by atoms with van der Waals surface area (Å²) in [6.45, 7) is 1.61. The van der Waals surface area contributed by atoms with E-state index in [0.29, 0.717) is 0 Å². The summed E-state index contributed by atoms with van der Waals surface area (Å²) >= 11 is 0. The maximum Gasteiger partial charge on any atom is 0.366 e. The van der Waals surface area contributed by atoms with Crippen LogP contribution in [0.25, 0.3) is 0 Å². The predicted molar refractivity (Wildman–Crippen MR) is 54.6 cm³/mol. The zero-order valence-electron chi connectivity index (χ0n) is 10.2. The maximum absolute atomic E-state index is 11.5. The molecule has 0 N–H and O–H groups in total. The van der Waals surface area contributed by atoms with E-state index in [1.807, 2.05) is 0 Å². The molecule has 0 aliphatic heterocycles. The molecule has 0 fully saturated rings. The first kappa shape index (κ1) is 14.9. The van der Waals surface area contributed by atoms with E-state index in [-0.39, 0.29) is 6.42 Å². The van der Waals surface area contributed by atoms with E-state index in [0.717, 1.165) is 0 Å². The Hall–Kier alpha value is -1.14. The highest BCUT2D eigenvalue weighted by molar-refractivity contribution is 5.79. The first-order valence-electron chi connectivity index (χ1n) is 4.74. The van der Waals surface area contributed by atoms with Crippen molar-refractivity contribution in [2.75, 3.05) is 28.4 Å². The minimum absolute atomic E-state index is 0.0271. The van der Waals surface area contributed by atoms with Gasteiger partial charge in [-0.25, -0.2) is 4.79 Å². The Kier molecular flexibility index (Phi) is 5.98. The van der Waals surface area contributed by atoms with Gasteiger partial charge in [-0.3, -0.25) is 4.79 Å². The van der Waals surface area contributed by atoms with Crippen LogP contribution in [0.15, 0.2) is 0 Å². The molecule has 0 amide bonds. The smallest absolute Gasteiger partial charge is 0.366 e. The molecule has 0 saturated carbocycles. The minimum Gasteiger partial charge on any atom is -0.469 e. The molecule has 1 unspecified atom stereocenters. The van der Waals surface area contributed by atoms with Crippen LogP contribution in [0, 0.1) is 5.92 Å². The quantitative estimate of drug-likeness (QED) is 0.487. The maximum atomic E-state index is 11.5. The van der Waals surface area contributed by atoms with Gasteiger partial charge in [0.1, 0.15) is 0 Å². The van der Waals surface area contributed by atoms with Crippen LogP contribution in [0.2, 0.25) is 0 Å². The molecule has 0 bridgehead atoms. The Morgan fingerprint density at radius 1 is 1.06 bits per heavy atom. The molecule has 0 spiro atoms. The zero-order valence-corrected chi connectivity index (χ0v) is 10.2. The lowest BCUT2D eigenvalue weighted by Gasteiger charge is -2.29. The van der Waals surface area contributed by atoms with Crippen molar-refractivity contribution in [2.45, 2.75) is 19.1 Å². The van der Waals surface area contributed by atoms with Crippen molar-refractivity contribution >= 4 is 11.9 Å². The highest BCUT2D eigenvalue weighted by atomic mass is 16.7. The Labute approximate surface area is 94.8 Å². The molecule has 6 heteroatoms. The highest BCUT2D eigenvalue weighted by Gasteiger charge is 2.43. The molecule has 1 atom stereocenters. The van der Waals surface area contributed by atoms with Crippen molar-refractivity contribution in [1.29, 1.82) is 0 Å². The van der Waals surface area contributed by atoms with E-state index in [1.165, 1.54) is 28.4 Å². The first-order chi connectivity index (χ1) is 7.47. The second-order valence-corrected chi connectivity index (χ2v) is 3.28. The number of esters is 2. The second-order valence-electron chi connectivity index (χ2n) is 3.28. The third-order valence-corrected chi connectivity index (χ3v) is 2.33. The van der Waals surface area contributed by atoms with Gasteiger partial charge in [-0.2, -0.15) is 0 Å². The van der Waals surface area contributed by atoms with Gasteiger partial charge in [0.25, 0.3) is 5.79 Å². The molecule has 0 heterocycles. The summed E-state index contributed by atoms with van der Waals surface area (Å²) in [5.74, 6) is -3.23. The lowest BCUT2D eigenvalue weighted by molar-refractivity contribution is -0.234. The molecule has 0 aromatic carbocycles. The predicted octanol–water partition coefficient (Wildman–Crippen LogP) is 0.348. The molecule has 0 aliphatic rings. The molecule has 0 rings (SSSR count). The molecule has 0 aromatic heterocycles. The van der Waals surface area contributed by atoms with Gasteiger partial charge in [-0.1, -0.05) is 6.92 Å². The van der Waals surface area contributed by atoms with Crippen molar-refractivity contribution in [3.8, 4) is 0 Å². The van der Waals surface area contributed by atoms with Crippen LogP contribution >= 0.6 is 0 Å². The third-order valence-electron chi connectivity index (χ3n) is 2.33. The van der Waals surface area contributed by atoms with Crippen molar-refractivity contribution in [2.24, 2.45) is 5.92 Å². The van der Waals surface area contributed by atoms with Gasteiger partial charge in [0.15, 0.2) is 0 Å². The molecule has 0 radical (unpaired) electrons. The van der Waals surface area contributed by atoms with E-state index in [1.54, 1.807) is 6.92 Å². The number of ether oxygens (including phenoxy) is 4. The number of hydrogen-bond acceptors (Lipinski definition) is 6. The van der Waals surface area contributed by atoms with Crippen molar-refractivity contribution in [3.05, 3.63) is 0 Å². The molecule has 6 nitrogen and oxygen atoms in total. The van der Waals surface area contributed by atoms with Crippen LogP contribution in [0.3, 0.4) is 0 Å². The fourth-order valence-corrected chi connectivity index (χ4v) is 1.34. The standard InChI is InChI=1S/C10H18O6/c1-7(8(11)13-2)6-10(15-4,16-5)9(12)14-3/h7H,6H2,1-5H3. The van der Waals surface area contributed by atoms with Gasteiger partial charge in [0.2, 0.25) is 0 Å². The van der Waals surface area contributed by atoms with Crippen LogP contribution in [-0.2, 0) is 28.5 Å². The van der Waals surface area contributed by atoms with Crippen LogP contribution in [0.5, 0.6) is 0 Å². The summed E-state index contributed by atoms with van der Waals surface area (Å²) in [6.07, 6.45) is 0.0271. The van der Waals surface area contributed by atoms with Crippen LogP contribution in [0.4, 0.5) is 0 Å². The van der Waals surface area contributed by atoms with Gasteiger partial charge in [0, 0.05) is 20.6 Å². The van der Waals surface area contributed by atoms with E-state index in [4.69, 9.17) is 9.47 Å². The number of rotatable bonds is 6. The molecular formula is C10H18O6. The molecule has 0 aromatic rings. The minimum atomic E-state index is -1.57. The van der Waals surface area contributed by atoms with E-state index in [2.05, 4.69) is 9.47 Å². The summed E-state index contributed by atoms with van der Waals surface area (Å²) in [4.78, 5) is 22.8. The summed E-state index contributed by atoms with van der Waals surface area (Å²) in [5.41, 5.74) is 0. The van der Waals surface area contributed by atoms with Crippen molar-refractivity contribution in [3.63, 3.8) is 0 Å². The third kappa shape index (κ3) is 3.18. The number of hydrogen-bond donors (Lipinski definition) is 0.